The molecular formula is C48H55FN16O6. The number of anilines is 3. The van der Waals surface area contributed by atoms with Crippen LogP contribution >= 0.6 is 0 Å². The topological polar surface area (TPSA) is 245 Å². The van der Waals surface area contributed by atoms with E-state index < -0.39 is 12.1 Å². The molecule has 3 N–H and O–H groups in total. The number of aryl methyl sites for hydroxylation is 1. The van der Waals surface area contributed by atoms with Gasteiger partial charge in [-0.05, 0) is 76.0 Å². The molecule has 0 unspecified atom stereocenters. The first-order chi connectivity index (χ1) is 34.3. The Bertz CT molecular complexity index is 3100. The summed E-state index contributed by atoms with van der Waals surface area (Å²) >= 11 is 0. The van der Waals surface area contributed by atoms with Gasteiger partial charge in [-0.2, -0.15) is 10.2 Å². The summed E-state index contributed by atoms with van der Waals surface area (Å²) in [4.78, 5) is 78.3. The molecule has 370 valence electrons. The summed E-state index contributed by atoms with van der Waals surface area (Å²) in [5.41, 5.74) is 10.6. The minimum absolute atomic E-state index is 0.0136. The number of ether oxygens (including phenoxy) is 1. The van der Waals surface area contributed by atoms with E-state index in [1.807, 2.05) is 30.9 Å². The molecule has 5 amide bonds. The standard InChI is InChI=1S/C48H55FN16O6/c1-26(2)65-45-36(42(50)53-25-54-45)38(56-65)39-35(41(71-58-39)28-4-5-28)43-51-18-29(19-52-43)27-8-13-61(14-9-27)47(69)70-20-34(67)60-15-10-30(11-16-60)62-21-48(22-62)23-63(24-48)32-7-6-31-40(37(32)49)59(3)57-44(31)64-17-12-33(66)55-46(64)68/h6-7,18-19,25-28,30H,4-5,8-17,20-24H2,1-3H3,(H2,50,53,54)(H,55,66,68). The Balaban J connectivity index is 0.597. The number of amides is 5. The van der Waals surface area contributed by atoms with Crippen LogP contribution in [-0.2, 0) is 21.4 Å². The molecular weight excluding hydrogens is 916 g/mol. The normalized spacial score (nSPS) is 20.1. The number of imide groups is 1. The van der Waals surface area contributed by atoms with Gasteiger partial charge in [0.05, 0.1) is 16.6 Å². The number of halogens is 1. The average molecular weight is 971 g/mol. The van der Waals surface area contributed by atoms with E-state index in [0.29, 0.717) is 107 Å². The molecule has 5 aromatic heterocycles. The smallest absolute Gasteiger partial charge is 0.410 e. The lowest BCUT2D eigenvalue weighted by Crippen LogP contribution is -2.74. The highest BCUT2D eigenvalue weighted by Crippen LogP contribution is 2.49. The number of nitrogens with zero attached hydrogens (tertiary/aromatic N) is 14. The highest BCUT2D eigenvalue weighted by atomic mass is 19.1. The number of urea groups is 1. The third-order valence-electron chi connectivity index (χ3n) is 15.4. The van der Waals surface area contributed by atoms with Gasteiger partial charge in [0, 0.05) is 114 Å². The van der Waals surface area contributed by atoms with Crippen LogP contribution in [0.3, 0.4) is 0 Å². The van der Waals surface area contributed by atoms with Gasteiger partial charge in [-0.3, -0.25) is 29.4 Å². The van der Waals surface area contributed by atoms with Crippen molar-refractivity contribution in [2.75, 3.05) is 81.0 Å². The number of rotatable bonds is 10. The highest BCUT2D eigenvalue weighted by Gasteiger charge is 2.54. The summed E-state index contributed by atoms with van der Waals surface area (Å²) in [6.07, 6.45) is 9.83. The number of aromatic nitrogens is 9. The van der Waals surface area contributed by atoms with Crippen LogP contribution in [0.4, 0.5) is 31.3 Å². The predicted octanol–water partition coefficient (Wildman–Crippen LogP) is 4.58. The number of nitrogens with one attached hydrogen (secondary N) is 1. The number of carbonyl (C=O) groups excluding carboxylic acids is 4. The maximum Gasteiger partial charge on any atom is 0.410 e. The molecule has 6 fully saturated rings. The van der Waals surface area contributed by atoms with Crippen LogP contribution in [0.5, 0.6) is 0 Å². The zero-order valence-corrected chi connectivity index (χ0v) is 39.9. The Morgan fingerprint density at radius 2 is 1.63 bits per heavy atom. The fraction of sp³-hybridized carbons (Fsp3) is 0.521. The van der Waals surface area contributed by atoms with Gasteiger partial charge in [-0.1, -0.05) is 5.16 Å². The van der Waals surface area contributed by atoms with Gasteiger partial charge >= 0.3 is 12.1 Å². The largest absolute Gasteiger partial charge is 0.439 e. The Morgan fingerprint density at radius 3 is 2.34 bits per heavy atom. The number of hydrogen-bond donors (Lipinski definition) is 2. The summed E-state index contributed by atoms with van der Waals surface area (Å²) in [5, 5.41) is 17.2. The van der Waals surface area contributed by atoms with E-state index in [1.54, 1.807) is 29.0 Å². The van der Waals surface area contributed by atoms with Gasteiger partial charge in [0.15, 0.2) is 35.5 Å². The van der Waals surface area contributed by atoms with Crippen molar-refractivity contribution < 1.29 is 32.8 Å². The fourth-order valence-corrected chi connectivity index (χ4v) is 11.4. The van der Waals surface area contributed by atoms with Crippen molar-refractivity contribution in [3.63, 3.8) is 0 Å². The molecule has 0 atom stereocenters. The SMILES string of the molecule is CC(C)n1nc(-c2noc(C3CC3)c2-c2ncc(C3CCN(C(=O)OCC(=O)N4CCC(N5CC6(CN(c7ccc8c(N9CCC(=O)NC9=O)nn(C)c8c7F)C6)C5)CC4)CC3)cn2)c2c(N)ncnc21. The van der Waals surface area contributed by atoms with Crippen molar-refractivity contribution in [3.05, 3.63) is 48.0 Å². The van der Waals surface area contributed by atoms with Gasteiger partial charge in [0.25, 0.3) is 5.91 Å². The number of likely N-dealkylation sites (tertiary alicyclic amines) is 3. The van der Waals surface area contributed by atoms with Crippen molar-refractivity contribution in [2.45, 2.75) is 82.7 Å². The molecule has 5 aliphatic heterocycles. The molecule has 1 spiro atoms. The number of piperidine rings is 2. The third kappa shape index (κ3) is 7.84. The lowest BCUT2D eigenvalue weighted by Gasteiger charge is -2.63. The molecule has 1 aromatic carbocycles. The van der Waals surface area contributed by atoms with E-state index in [-0.39, 0.29) is 60.5 Å². The molecule has 22 nitrogen and oxygen atoms in total. The van der Waals surface area contributed by atoms with Crippen molar-refractivity contribution in [2.24, 2.45) is 12.5 Å². The molecule has 6 aromatic rings. The minimum Gasteiger partial charge on any atom is -0.439 e. The summed E-state index contributed by atoms with van der Waals surface area (Å²) in [7, 11) is 1.66. The van der Waals surface area contributed by atoms with Gasteiger partial charge in [0.2, 0.25) is 5.91 Å². The van der Waals surface area contributed by atoms with Crippen molar-refractivity contribution in [3.8, 4) is 22.8 Å². The number of hydrogen-bond acceptors (Lipinski definition) is 16. The Hall–Kier alpha value is -7.30. The summed E-state index contributed by atoms with van der Waals surface area (Å²) in [5.74, 6) is 1.31. The van der Waals surface area contributed by atoms with Crippen molar-refractivity contribution in [1.82, 2.24) is 64.7 Å². The van der Waals surface area contributed by atoms with E-state index in [1.165, 1.54) is 15.9 Å². The second kappa shape index (κ2) is 17.2. The van der Waals surface area contributed by atoms with Gasteiger partial charge in [0.1, 0.15) is 29.0 Å². The van der Waals surface area contributed by atoms with Crippen LogP contribution < -0.4 is 20.9 Å². The van der Waals surface area contributed by atoms with Crippen LogP contribution in [0.1, 0.15) is 88.0 Å². The molecule has 71 heavy (non-hydrogen) atoms. The van der Waals surface area contributed by atoms with E-state index in [2.05, 4.69) is 35.3 Å². The molecule has 0 bridgehead atoms. The first-order valence-corrected chi connectivity index (χ1v) is 24.6. The second-order valence-electron chi connectivity index (χ2n) is 20.4. The van der Waals surface area contributed by atoms with Crippen LogP contribution in [0.2, 0.25) is 0 Å². The van der Waals surface area contributed by atoms with E-state index >= 15 is 4.39 Å². The van der Waals surface area contributed by atoms with Crippen LogP contribution in [0.25, 0.3) is 44.7 Å². The molecule has 6 aliphatic rings. The Morgan fingerprint density at radius 1 is 0.901 bits per heavy atom. The number of nitrogens with two attached hydrogens (primary N) is 1. The number of nitrogen functional groups attached to an aromatic ring is 1. The molecule has 5 saturated heterocycles. The van der Waals surface area contributed by atoms with Crippen molar-refractivity contribution >= 4 is 63.2 Å². The van der Waals surface area contributed by atoms with Crippen LogP contribution in [-0.4, -0.2) is 155 Å². The van der Waals surface area contributed by atoms with Gasteiger partial charge in [-0.15, -0.1) is 0 Å². The maximum absolute atomic E-state index is 16.1. The molecule has 1 saturated carbocycles. The molecule has 1 aliphatic carbocycles. The molecule has 23 heteroatoms. The molecule has 10 heterocycles. The quantitative estimate of drug-likeness (QED) is 0.191. The second-order valence-corrected chi connectivity index (χ2v) is 20.4. The zero-order valence-electron chi connectivity index (χ0n) is 39.9. The van der Waals surface area contributed by atoms with E-state index in [0.717, 1.165) is 63.2 Å². The van der Waals surface area contributed by atoms with Crippen molar-refractivity contribution in [1.29, 1.82) is 0 Å². The van der Waals surface area contributed by atoms with Crippen LogP contribution in [0, 0.1) is 11.2 Å². The number of carbonyl (C=O) groups is 4. The van der Waals surface area contributed by atoms with Gasteiger partial charge < -0.3 is 29.7 Å². The van der Waals surface area contributed by atoms with E-state index in [9.17, 15) is 19.2 Å². The zero-order chi connectivity index (χ0) is 48.9. The first kappa shape index (κ1) is 44.9. The summed E-state index contributed by atoms with van der Waals surface area (Å²) in [6, 6.07) is 3.36. The maximum atomic E-state index is 16.1. The lowest BCUT2D eigenvalue weighted by atomic mass is 9.71. The number of benzene rings is 1. The Kier molecular flexibility index (Phi) is 10.9. The van der Waals surface area contributed by atoms with Crippen LogP contribution in [0.15, 0.2) is 35.4 Å². The molecule has 12 rings (SSSR count). The minimum atomic E-state index is -0.559. The highest BCUT2D eigenvalue weighted by molar-refractivity contribution is 6.09. The van der Waals surface area contributed by atoms with Gasteiger partial charge in [-0.25, -0.2) is 38.6 Å². The summed E-state index contributed by atoms with van der Waals surface area (Å²) < 4.78 is 30.8. The third-order valence-corrected chi connectivity index (χ3v) is 15.4. The lowest BCUT2D eigenvalue weighted by molar-refractivity contribution is -0.137. The predicted molar refractivity (Wildman–Crippen MR) is 256 cm³/mol. The molecule has 0 radical (unpaired) electrons. The number of fused-ring (bicyclic) bond motifs is 2. The first-order valence-electron chi connectivity index (χ1n) is 24.6. The monoisotopic (exact) mass is 970 g/mol. The average Bonchev–Trinajstić information content (AvgIpc) is 3.82. The van der Waals surface area contributed by atoms with E-state index in [4.69, 9.17) is 30.1 Å². The Labute approximate surface area is 406 Å². The summed E-state index contributed by atoms with van der Waals surface area (Å²) in [6.45, 7) is 9.40. The fourth-order valence-electron chi connectivity index (χ4n) is 11.4.